The average molecular weight is 379 g/mol. The van der Waals surface area contributed by atoms with Crippen molar-refractivity contribution in [3.05, 3.63) is 58.1 Å². The van der Waals surface area contributed by atoms with Crippen LogP contribution in [0.25, 0.3) is 11.3 Å². The summed E-state index contributed by atoms with van der Waals surface area (Å²) in [6, 6.07) is 12.6. The molecule has 0 atom stereocenters. The van der Waals surface area contributed by atoms with Crippen molar-refractivity contribution in [1.82, 2.24) is 4.98 Å². The molecule has 0 spiro atoms. The summed E-state index contributed by atoms with van der Waals surface area (Å²) in [7, 11) is 1.45. The Kier molecular flexibility index (Phi) is 4.40. The van der Waals surface area contributed by atoms with Crippen molar-refractivity contribution in [1.29, 1.82) is 0 Å². The number of ether oxygens (including phenoxy) is 1. The molecule has 3 aromatic rings. The van der Waals surface area contributed by atoms with Gasteiger partial charge in [-0.2, -0.15) is 0 Å². The molecular weight excluding hydrogens is 367 g/mol. The van der Waals surface area contributed by atoms with Gasteiger partial charge in [-0.05, 0) is 42.5 Å². The van der Waals surface area contributed by atoms with Gasteiger partial charge in [0.15, 0.2) is 16.7 Å². The number of hydrogen-bond donors (Lipinski definition) is 1. The summed E-state index contributed by atoms with van der Waals surface area (Å²) in [4.78, 5) is 4.48. The summed E-state index contributed by atoms with van der Waals surface area (Å²) in [5, 5.41) is 5.88. The summed E-state index contributed by atoms with van der Waals surface area (Å²) in [5.74, 6) is -0.164. The summed E-state index contributed by atoms with van der Waals surface area (Å²) in [6.45, 7) is 0. The van der Waals surface area contributed by atoms with E-state index in [1.807, 2.05) is 29.6 Å². The van der Waals surface area contributed by atoms with E-state index >= 15 is 0 Å². The fourth-order valence-corrected chi connectivity index (χ4v) is 2.95. The minimum atomic E-state index is -0.393. The summed E-state index contributed by atoms with van der Waals surface area (Å²) in [6.07, 6.45) is 0. The SMILES string of the molecule is COc1ccc(-c2csc(Nc3ccc(Br)cc3)n2)cc1F. The zero-order chi connectivity index (χ0) is 15.5. The number of aromatic nitrogens is 1. The van der Waals surface area contributed by atoms with Crippen LogP contribution in [0.5, 0.6) is 5.75 Å². The second-order valence-electron chi connectivity index (χ2n) is 4.52. The van der Waals surface area contributed by atoms with Gasteiger partial charge in [-0.3, -0.25) is 0 Å². The molecule has 1 heterocycles. The Hall–Kier alpha value is -1.92. The van der Waals surface area contributed by atoms with Crippen LogP contribution in [-0.4, -0.2) is 12.1 Å². The van der Waals surface area contributed by atoms with Gasteiger partial charge in [0.2, 0.25) is 0 Å². The minimum Gasteiger partial charge on any atom is -0.494 e. The molecule has 6 heteroatoms. The van der Waals surface area contributed by atoms with Crippen molar-refractivity contribution < 1.29 is 9.13 Å². The minimum absolute atomic E-state index is 0.229. The number of nitrogens with one attached hydrogen (secondary N) is 1. The Morgan fingerprint density at radius 3 is 2.64 bits per heavy atom. The van der Waals surface area contributed by atoms with E-state index in [0.29, 0.717) is 0 Å². The van der Waals surface area contributed by atoms with Crippen LogP contribution in [0.1, 0.15) is 0 Å². The van der Waals surface area contributed by atoms with E-state index < -0.39 is 5.82 Å². The Labute approximate surface area is 139 Å². The normalized spacial score (nSPS) is 10.5. The standard InChI is InChI=1S/C16H12BrFN2OS/c1-21-15-7-2-10(8-13(15)18)14-9-22-16(20-14)19-12-5-3-11(17)4-6-12/h2-9H,1H3,(H,19,20). The number of methoxy groups -OCH3 is 1. The second-order valence-corrected chi connectivity index (χ2v) is 6.29. The number of hydrogen-bond acceptors (Lipinski definition) is 4. The first kappa shape index (κ1) is 15.0. The fourth-order valence-electron chi connectivity index (χ4n) is 1.95. The highest BCUT2D eigenvalue weighted by Gasteiger charge is 2.09. The third-order valence-corrected chi connectivity index (χ3v) is 4.33. The van der Waals surface area contributed by atoms with Crippen LogP contribution in [0.3, 0.4) is 0 Å². The Balaban J connectivity index is 1.81. The molecule has 0 aliphatic heterocycles. The Bertz CT molecular complexity index is 789. The lowest BCUT2D eigenvalue weighted by molar-refractivity contribution is 0.386. The first-order valence-corrected chi connectivity index (χ1v) is 8.15. The maximum absolute atomic E-state index is 13.8. The molecule has 0 amide bonds. The zero-order valence-corrected chi connectivity index (χ0v) is 14.0. The van der Waals surface area contributed by atoms with Crippen molar-refractivity contribution in [2.45, 2.75) is 0 Å². The Morgan fingerprint density at radius 1 is 1.18 bits per heavy atom. The van der Waals surface area contributed by atoms with Crippen LogP contribution in [0, 0.1) is 5.82 Å². The lowest BCUT2D eigenvalue weighted by atomic mass is 10.1. The summed E-state index contributed by atoms with van der Waals surface area (Å²) < 4.78 is 19.7. The van der Waals surface area contributed by atoms with Crippen molar-refractivity contribution in [3.8, 4) is 17.0 Å². The maximum Gasteiger partial charge on any atom is 0.187 e. The number of thiazole rings is 1. The smallest absolute Gasteiger partial charge is 0.187 e. The first-order valence-electron chi connectivity index (χ1n) is 6.48. The van der Waals surface area contributed by atoms with Gasteiger partial charge in [0.1, 0.15) is 0 Å². The molecule has 0 aliphatic carbocycles. The van der Waals surface area contributed by atoms with Crippen LogP contribution in [0.4, 0.5) is 15.2 Å². The maximum atomic E-state index is 13.8. The van der Waals surface area contributed by atoms with Crippen molar-refractivity contribution in [2.24, 2.45) is 0 Å². The van der Waals surface area contributed by atoms with Crippen molar-refractivity contribution >= 4 is 38.1 Å². The highest BCUT2D eigenvalue weighted by molar-refractivity contribution is 9.10. The van der Waals surface area contributed by atoms with E-state index in [-0.39, 0.29) is 5.75 Å². The molecule has 3 nitrogen and oxygen atoms in total. The topological polar surface area (TPSA) is 34.1 Å². The summed E-state index contributed by atoms with van der Waals surface area (Å²) in [5.41, 5.74) is 2.40. The van der Waals surface area contributed by atoms with Gasteiger partial charge < -0.3 is 10.1 Å². The molecular formula is C16H12BrFN2OS. The number of benzene rings is 2. The molecule has 1 N–H and O–H groups in total. The third kappa shape index (κ3) is 3.28. The van der Waals surface area contributed by atoms with Gasteiger partial charge >= 0.3 is 0 Å². The highest BCUT2D eigenvalue weighted by atomic mass is 79.9. The number of halogens is 2. The molecule has 2 aromatic carbocycles. The van der Waals surface area contributed by atoms with E-state index in [2.05, 4.69) is 26.2 Å². The predicted octanol–water partition coefficient (Wildman–Crippen LogP) is 5.46. The lowest BCUT2D eigenvalue weighted by Crippen LogP contribution is -1.90. The largest absolute Gasteiger partial charge is 0.494 e. The van der Waals surface area contributed by atoms with Crippen LogP contribution >= 0.6 is 27.3 Å². The van der Waals surface area contributed by atoms with Crippen LogP contribution in [0.15, 0.2) is 52.3 Å². The number of anilines is 2. The van der Waals surface area contributed by atoms with E-state index in [1.54, 1.807) is 12.1 Å². The van der Waals surface area contributed by atoms with Crippen molar-refractivity contribution in [3.63, 3.8) is 0 Å². The molecule has 22 heavy (non-hydrogen) atoms. The van der Waals surface area contributed by atoms with Crippen molar-refractivity contribution in [2.75, 3.05) is 12.4 Å². The van der Waals surface area contributed by atoms with Gasteiger partial charge in [0.05, 0.1) is 12.8 Å². The zero-order valence-electron chi connectivity index (χ0n) is 11.6. The van der Waals surface area contributed by atoms with Gasteiger partial charge in [-0.1, -0.05) is 15.9 Å². The molecule has 0 radical (unpaired) electrons. The van der Waals surface area contributed by atoms with E-state index in [0.717, 1.165) is 26.5 Å². The van der Waals surface area contributed by atoms with E-state index in [9.17, 15) is 4.39 Å². The molecule has 1 aromatic heterocycles. The van der Waals surface area contributed by atoms with E-state index in [4.69, 9.17) is 4.74 Å². The number of rotatable bonds is 4. The monoisotopic (exact) mass is 378 g/mol. The fraction of sp³-hybridized carbons (Fsp3) is 0.0625. The van der Waals surface area contributed by atoms with Gasteiger partial charge in [0, 0.05) is 21.1 Å². The van der Waals surface area contributed by atoms with Crippen LogP contribution in [0.2, 0.25) is 0 Å². The van der Waals surface area contributed by atoms with Gasteiger partial charge in [-0.15, -0.1) is 11.3 Å². The van der Waals surface area contributed by atoms with Crippen LogP contribution < -0.4 is 10.1 Å². The third-order valence-electron chi connectivity index (χ3n) is 3.05. The summed E-state index contributed by atoms with van der Waals surface area (Å²) >= 11 is 4.87. The first-order chi connectivity index (χ1) is 10.7. The molecule has 0 saturated heterocycles. The predicted molar refractivity (Wildman–Crippen MR) is 91.5 cm³/mol. The molecule has 3 rings (SSSR count). The molecule has 112 valence electrons. The van der Waals surface area contributed by atoms with Crippen LogP contribution in [-0.2, 0) is 0 Å². The molecule has 0 saturated carbocycles. The molecule has 0 bridgehead atoms. The second kappa shape index (κ2) is 6.46. The number of nitrogens with zero attached hydrogens (tertiary/aromatic N) is 1. The highest BCUT2D eigenvalue weighted by Crippen LogP contribution is 2.30. The Morgan fingerprint density at radius 2 is 1.95 bits per heavy atom. The quantitative estimate of drug-likeness (QED) is 0.653. The van der Waals surface area contributed by atoms with Gasteiger partial charge in [0.25, 0.3) is 0 Å². The van der Waals surface area contributed by atoms with Gasteiger partial charge in [-0.25, -0.2) is 9.37 Å². The molecule has 0 fully saturated rings. The molecule has 0 unspecified atom stereocenters. The van der Waals surface area contributed by atoms with E-state index in [1.165, 1.54) is 24.5 Å². The lowest BCUT2D eigenvalue weighted by Gasteiger charge is -2.03. The average Bonchev–Trinajstić information content (AvgIpc) is 2.98. The molecule has 0 aliphatic rings.